The standard InChI is InChI=1S/C18H15ClN6O2/c19-15-11(4-6-25-13(15)3-5-22-25)23-16-14-10-2-1-9(18(26)27)7-12(10)24-17(14)21-8-20-16/h3-6,8-9H,1-2,7H2,(H,26,27)(H2,20,21,23,24)/t9-/m0/s1. The van der Waals surface area contributed by atoms with Crippen molar-refractivity contribution >= 4 is 45.6 Å². The average molecular weight is 383 g/mol. The van der Waals surface area contributed by atoms with Crippen LogP contribution in [0, 0.1) is 5.92 Å². The molecule has 0 amide bonds. The molecule has 4 aromatic rings. The molecule has 1 atom stereocenters. The van der Waals surface area contributed by atoms with Gasteiger partial charge in [-0.05, 0) is 30.5 Å². The first-order chi connectivity index (χ1) is 13.1. The Kier molecular flexibility index (Phi) is 3.54. The number of carboxylic acid groups (broad SMARTS) is 1. The average Bonchev–Trinajstić information content (AvgIpc) is 3.28. The van der Waals surface area contributed by atoms with Gasteiger partial charge in [-0.1, -0.05) is 11.6 Å². The van der Waals surface area contributed by atoms with Gasteiger partial charge in [-0.25, -0.2) is 14.5 Å². The van der Waals surface area contributed by atoms with Gasteiger partial charge in [0, 0.05) is 18.3 Å². The van der Waals surface area contributed by atoms with Gasteiger partial charge in [0.2, 0.25) is 0 Å². The van der Waals surface area contributed by atoms with E-state index in [1.54, 1.807) is 10.7 Å². The van der Waals surface area contributed by atoms with E-state index in [9.17, 15) is 9.90 Å². The lowest BCUT2D eigenvalue weighted by atomic mass is 9.87. The highest BCUT2D eigenvalue weighted by Crippen LogP contribution is 2.36. The molecule has 0 spiro atoms. The Balaban J connectivity index is 1.59. The molecule has 0 aliphatic heterocycles. The molecule has 27 heavy (non-hydrogen) atoms. The number of fused-ring (bicyclic) bond motifs is 4. The first kappa shape index (κ1) is 16.1. The number of carboxylic acids is 1. The number of hydrogen-bond donors (Lipinski definition) is 3. The largest absolute Gasteiger partial charge is 0.481 e. The molecule has 4 heterocycles. The predicted molar refractivity (Wildman–Crippen MR) is 101 cm³/mol. The van der Waals surface area contributed by atoms with E-state index < -0.39 is 5.97 Å². The second-order valence-electron chi connectivity index (χ2n) is 6.64. The van der Waals surface area contributed by atoms with Crippen LogP contribution in [0.25, 0.3) is 16.6 Å². The van der Waals surface area contributed by atoms with Crippen molar-refractivity contribution in [1.82, 2.24) is 24.6 Å². The van der Waals surface area contributed by atoms with Gasteiger partial charge in [-0.15, -0.1) is 0 Å². The van der Waals surface area contributed by atoms with Crippen molar-refractivity contribution in [2.24, 2.45) is 5.92 Å². The van der Waals surface area contributed by atoms with Crippen molar-refractivity contribution in [3.05, 3.63) is 47.1 Å². The van der Waals surface area contributed by atoms with Crippen LogP contribution in [-0.2, 0) is 17.6 Å². The number of nitrogens with one attached hydrogen (secondary N) is 2. The van der Waals surface area contributed by atoms with Crippen molar-refractivity contribution in [2.75, 3.05) is 5.32 Å². The predicted octanol–water partition coefficient (Wildman–Crippen LogP) is 3.19. The van der Waals surface area contributed by atoms with Gasteiger partial charge >= 0.3 is 5.97 Å². The number of pyridine rings is 1. The summed E-state index contributed by atoms with van der Waals surface area (Å²) in [5.41, 5.74) is 4.22. The number of aromatic nitrogens is 5. The number of halogens is 1. The molecule has 0 saturated carbocycles. The third-order valence-electron chi connectivity index (χ3n) is 5.09. The van der Waals surface area contributed by atoms with Crippen molar-refractivity contribution in [1.29, 1.82) is 0 Å². The monoisotopic (exact) mass is 382 g/mol. The van der Waals surface area contributed by atoms with E-state index in [0.29, 0.717) is 35.8 Å². The van der Waals surface area contributed by atoms with Gasteiger partial charge in [0.25, 0.3) is 0 Å². The molecule has 4 aromatic heterocycles. The van der Waals surface area contributed by atoms with Gasteiger partial charge in [0.15, 0.2) is 0 Å². The highest BCUT2D eigenvalue weighted by molar-refractivity contribution is 6.36. The summed E-state index contributed by atoms with van der Waals surface area (Å²) in [6.45, 7) is 0. The van der Waals surface area contributed by atoms with Crippen molar-refractivity contribution in [3.8, 4) is 0 Å². The fourth-order valence-corrected chi connectivity index (χ4v) is 4.01. The van der Waals surface area contributed by atoms with E-state index in [-0.39, 0.29) is 5.92 Å². The van der Waals surface area contributed by atoms with Gasteiger partial charge < -0.3 is 15.4 Å². The number of H-pyrrole nitrogens is 1. The Morgan fingerprint density at radius 2 is 2.26 bits per heavy atom. The molecule has 9 heteroatoms. The Morgan fingerprint density at radius 1 is 1.37 bits per heavy atom. The van der Waals surface area contributed by atoms with Crippen molar-refractivity contribution < 1.29 is 9.90 Å². The number of hydrogen-bond acceptors (Lipinski definition) is 5. The molecule has 1 aliphatic carbocycles. The zero-order valence-electron chi connectivity index (χ0n) is 14.1. The minimum Gasteiger partial charge on any atom is -0.481 e. The smallest absolute Gasteiger partial charge is 0.306 e. The molecule has 0 radical (unpaired) electrons. The Labute approximate surface area is 158 Å². The minimum absolute atomic E-state index is 0.367. The number of anilines is 2. The Morgan fingerprint density at radius 3 is 3.11 bits per heavy atom. The number of rotatable bonds is 3. The van der Waals surface area contributed by atoms with E-state index in [1.807, 2.05) is 18.3 Å². The van der Waals surface area contributed by atoms with E-state index in [2.05, 4.69) is 25.4 Å². The van der Waals surface area contributed by atoms with Gasteiger partial charge in [-0.3, -0.25) is 4.79 Å². The molecular weight excluding hydrogens is 368 g/mol. The number of nitrogens with zero attached hydrogens (tertiary/aromatic N) is 4. The zero-order chi connectivity index (χ0) is 18.5. The molecule has 0 fully saturated rings. The van der Waals surface area contributed by atoms with E-state index >= 15 is 0 Å². The zero-order valence-corrected chi connectivity index (χ0v) is 14.9. The molecule has 0 saturated heterocycles. The van der Waals surface area contributed by atoms with Crippen LogP contribution in [0.1, 0.15) is 17.7 Å². The van der Waals surface area contributed by atoms with Crippen LogP contribution in [-0.4, -0.2) is 35.6 Å². The summed E-state index contributed by atoms with van der Waals surface area (Å²) >= 11 is 6.52. The minimum atomic E-state index is -0.760. The molecular formula is C18H15ClN6O2. The summed E-state index contributed by atoms with van der Waals surface area (Å²) in [5, 5.41) is 18.2. The number of aryl methyl sites for hydroxylation is 1. The van der Waals surface area contributed by atoms with E-state index in [0.717, 1.165) is 27.8 Å². The van der Waals surface area contributed by atoms with Crippen LogP contribution in [0.3, 0.4) is 0 Å². The van der Waals surface area contributed by atoms with E-state index in [4.69, 9.17) is 11.6 Å². The number of aromatic amines is 1. The lowest BCUT2D eigenvalue weighted by molar-refractivity contribution is -0.142. The summed E-state index contributed by atoms with van der Waals surface area (Å²) in [5.74, 6) is -0.477. The summed E-state index contributed by atoms with van der Waals surface area (Å²) in [6, 6.07) is 3.68. The normalized spacial score (nSPS) is 16.6. The third-order valence-corrected chi connectivity index (χ3v) is 5.49. The topological polar surface area (TPSA) is 108 Å². The van der Waals surface area contributed by atoms with Crippen LogP contribution < -0.4 is 5.32 Å². The van der Waals surface area contributed by atoms with E-state index in [1.165, 1.54) is 6.33 Å². The maximum Gasteiger partial charge on any atom is 0.306 e. The van der Waals surface area contributed by atoms with Crippen LogP contribution in [0.2, 0.25) is 5.02 Å². The fraction of sp³-hybridized carbons (Fsp3) is 0.222. The van der Waals surface area contributed by atoms with Crippen LogP contribution >= 0.6 is 11.6 Å². The molecule has 8 nitrogen and oxygen atoms in total. The lowest BCUT2D eigenvalue weighted by Crippen LogP contribution is -2.21. The van der Waals surface area contributed by atoms with Gasteiger partial charge in [0.05, 0.1) is 33.7 Å². The first-order valence-corrected chi connectivity index (χ1v) is 8.95. The van der Waals surface area contributed by atoms with Gasteiger partial charge in [0.1, 0.15) is 17.8 Å². The molecule has 136 valence electrons. The summed E-state index contributed by atoms with van der Waals surface area (Å²) in [6.07, 6.45) is 6.74. The molecule has 0 bridgehead atoms. The molecule has 0 aromatic carbocycles. The maximum absolute atomic E-state index is 11.3. The Hall–Kier alpha value is -3.13. The van der Waals surface area contributed by atoms with Crippen molar-refractivity contribution in [3.63, 3.8) is 0 Å². The molecule has 5 rings (SSSR count). The van der Waals surface area contributed by atoms with Crippen LogP contribution in [0.15, 0.2) is 30.9 Å². The number of aliphatic carboxylic acids is 1. The van der Waals surface area contributed by atoms with Gasteiger partial charge in [-0.2, -0.15) is 5.10 Å². The number of carbonyl (C=O) groups is 1. The molecule has 0 unspecified atom stereocenters. The first-order valence-electron chi connectivity index (χ1n) is 8.58. The molecule has 3 N–H and O–H groups in total. The highest BCUT2D eigenvalue weighted by atomic mass is 35.5. The summed E-state index contributed by atoms with van der Waals surface area (Å²) in [7, 11) is 0. The summed E-state index contributed by atoms with van der Waals surface area (Å²) in [4.78, 5) is 23.3. The van der Waals surface area contributed by atoms with Crippen LogP contribution in [0.5, 0.6) is 0 Å². The molecule has 1 aliphatic rings. The fourth-order valence-electron chi connectivity index (χ4n) is 3.75. The summed E-state index contributed by atoms with van der Waals surface area (Å²) < 4.78 is 1.70. The SMILES string of the molecule is O=C(O)[C@H]1CCc2c([nH]c3ncnc(Nc4ccn5nccc5c4Cl)c23)C1. The second-order valence-corrected chi connectivity index (χ2v) is 7.01. The Bertz CT molecular complexity index is 1200. The quantitative estimate of drug-likeness (QED) is 0.502. The maximum atomic E-state index is 11.3. The highest BCUT2D eigenvalue weighted by Gasteiger charge is 2.28. The van der Waals surface area contributed by atoms with Crippen molar-refractivity contribution in [2.45, 2.75) is 19.3 Å². The van der Waals surface area contributed by atoms with Crippen LogP contribution in [0.4, 0.5) is 11.5 Å². The third kappa shape index (κ3) is 2.52. The lowest BCUT2D eigenvalue weighted by Gasteiger charge is -2.18. The second kappa shape index (κ2) is 5.95.